The van der Waals surface area contributed by atoms with Gasteiger partial charge in [-0.15, -0.1) is 0 Å². The third-order valence-corrected chi connectivity index (χ3v) is 6.18. The summed E-state index contributed by atoms with van der Waals surface area (Å²) in [6.45, 7) is 6.71. The van der Waals surface area contributed by atoms with Crippen LogP contribution in [0.1, 0.15) is 46.1 Å². The van der Waals surface area contributed by atoms with Crippen molar-refractivity contribution in [2.24, 2.45) is 5.73 Å². The van der Waals surface area contributed by atoms with Crippen molar-refractivity contribution in [2.45, 2.75) is 62.8 Å². The van der Waals surface area contributed by atoms with Crippen LogP contribution in [0.5, 0.6) is 0 Å². The topological polar surface area (TPSA) is 145 Å². The highest BCUT2D eigenvalue weighted by Crippen LogP contribution is 2.44. The summed E-state index contributed by atoms with van der Waals surface area (Å²) < 4.78 is 8.13. The lowest BCUT2D eigenvalue weighted by molar-refractivity contribution is -0.197. The van der Waals surface area contributed by atoms with E-state index in [1.807, 2.05) is 11.5 Å². The van der Waals surface area contributed by atoms with Crippen molar-refractivity contribution in [3.05, 3.63) is 12.7 Å². The van der Waals surface area contributed by atoms with Gasteiger partial charge in [-0.2, -0.15) is 0 Å². The Labute approximate surface area is 169 Å². The molecule has 1 spiro atoms. The molecule has 0 aromatic carbocycles. The number of piperidine rings is 1. The van der Waals surface area contributed by atoms with Crippen molar-refractivity contribution >= 4 is 22.9 Å². The molecule has 158 valence electrons. The smallest absolute Gasteiger partial charge is 0.242 e. The van der Waals surface area contributed by atoms with E-state index in [1.165, 1.54) is 6.33 Å². The van der Waals surface area contributed by atoms with Crippen molar-refractivity contribution in [3.8, 4) is 0 Å². The Morgan fingerprint density at radius 3 is 2.62 bits per heavy atom. The number of amides is 1. The van der Waals surface area contributed by atoms with Crippen LogP contribution < -0.4 is 11.5 Å². The Balaban J connectivity index is 1.51. The minimum Gasteiger partial charge on any atom is -0.388 e. The fraction of sp³-hybridized carbons (Fsp3) is 0.684. The Bertz CT molecular complexity index is 926. The van der Waals surface area contributed by atoms with Gasteiger partial charge in [-0.05, 0) is 33.6 Å². The van der Waals surface area contributed by atoms with E-state index in [0.29, 0.717) is 55.9 Å². The number of likely N-dealkylation sites (tertiary alicyclic amines) is 1. The molecule has 2 aromatic heterocycles. The molecule has 2 fully saturated rings. The first-order valence-electron chi connectivity index (χ1n) is 9.90. The molecule has 10 heteroatoms. The molecule has 0 unspecified atom stereocenters. The van der Waals surface area contributed by atoms with E-state index >= 15 is 0 Å². The molecular formula is C19H29N7O3. The average Bonchev–Trinajstić information content (AvgIpc) is 3.05. The van der Waals surface area contributed by atoms with Crippen molar-refractivity contribution in [2.75, 3.05) is 25.4 Å². The van der Waals surface area contributed by atoms with Gasteiger partial charge >= 0.3 is 0 Å². The summed E-state index contributed by atoms with van der Waals surface area (Å²) in [6.07, 6.45) is 4.80. The molecule has 4 rings (SSSR count). The number of aromatic nitrogens is 4. The standard InChI is InChI=1S/C19H29N7O3/c1-17(2,21)16(27)25-6-4-19(5-7-25)9-18(3,28)12(8-29-19)26-11-24-13-14(20)22-10-23-15(13)26/h10-12,28H,4-9,21H2,1-3H3,(H2,20,22,23)/t12-,18-/m1/s1. The van der Waals surface area contributed by atoms with Crippen LogP contribution >= 0.6 is 0 Å². The van der Waals surface area contributed by atoms with Gasteiger partial charge in [0.1, 0.15) is 11.8 Å². The number of nitrogens with two attached hydrogens (primary N) is 2. The molecule has 2 aromatic rings. The van der Waals surface area contributed by atoms with Crippen molar-refractivity contribution in [1.29, 1.82) is 0 Å². The number of fused-ring (bicyclic) bond motifs is 1. The maximum absolute atomic E-state index is 12.5. The van der Waals surface area contributed by atoms with Crippen LogP contribution in [0.15, 0.2) is 12.7 Å². The Morgan fingerprint density at radius 2 is 2.00 bits per heavy atom. The SMILES string of the molecule is CC(C)(N)C(=O)N1CCC2(CC1)C[C@@](C)(O)[C@H](n1cnc3c(N)ncnc31)CO2. The zero-order valence-electron chi connectivity index (χ0n) is 17.1. The maximum Gasteiger partial charge on any atom is 0.242 e. The minimum absolute atomic E-state index is 0.0602. The summed E-state index contributed by atoms with van der Waals surface area (Å²) in [5.41, 5.74) is 10.6. The highest BCUT2D eigenvalue weighted by Gasteiger charge is 2.50. The van der Waals surface area contributed by atoms with E-state index in [4.69, 9.17) is 16.2 Å². The van der Waals surface area contributed by atoms with E-state index in [1.54, 1.807) is 25.1 Å². The van der Waals surface area contributed by atoms with Crippen LogP contribution in [0.4, 0.5) is 5.82 Å². The number of hydrogen-bond donors (Lipinski definition) is 3. The third-order valence-electron chi connectivity index (χ3n) is 6.18. The molecule has 2 saturated heterocycles. The molecular weight excluding hydrogens is 374 g/mol. The average molecular weight is 403 g/mol. The number of carbonyl (C=O) groups excluding carboxylic acids is 1. The second-order valence-electron chi connectivity index (χ2n) is 9.14. The number of ether oxygens (including phenoxy) is 1. The minimum atomic E-state index is -1.04. The van der Waals surface area contributed by atoms with Crippen LogP contribution in [0, 0.1) is 0 Å². The van der Waals surface area contributed by atoms with Crippen LogP contribution in [-0.4, -0.2) is 71.9 Å². The quantitative estimate of drug-likeness (QED) is 0.645. The third kappa shape index (κ3) is 3.45. The lowest BCUT2D eigenvalue weighted by Crippen LogP contribution is -2.60. The number of nitrogens with zero attached hydrogens (tertiary/aromatic N) is 5. The number of carbonyl (C=O) groups is 1. The first kappa shape index (κ1) is 20.0. The predicted molar refractivity (Wildman–Crippen MR) is 107 cm³/mol. The summed E-state index contributed by atoms with van der Waals surface area (Å²) in [7, 11) is 0. The van der Waals surface area contributed by atoms with Gasteiger partial charge in [-0.1, -0.05) is 0 Å². The van der Waals surface area contributed by atoms with Crippen LogP contribution in [0.25, 0.3) is 11.2 Å². The van der Waals surface area contributed by atoms with Gasteiger partial charge in [0.2, 0.25) is 5.91 Å². The van der Waals surface area contributed by atoms with E-state index in [9.17, 15) is 9.90 Å². The molecule has 0 saturated carbocycles. The number of rotatable bonds is 2. The Hall–Kier alpha value is -2.30. The molecule has 1 amide bonds. The monoisotopic (exact) mass is 403 g/mol. The second-order valence-corrected chi connectivity index (χ2v) is 9.14. The molecule has 2 aliphatic heterocycles. The lowest BCUT2D eigenvalue weighted by Gasteiger charge is -2.51. The normalized spacial score (nSPS) is 27.5. The van der Waals surface area contributed by atoms with E-state index in [2.05, 4.69) is 15.0 Å². The highest BCUT2D eigenvalue weighted by molar-refractivity contribution is 5.85. The summed E-state index contributed by atoms with van der Waals surface area (Å²) in [4.78, 5) is 26.8. The number of hydrogen-bond acceptors (Lipinski definition) is 8. The van der Waals surface area contributed by atoms with Gasteiger partial charge in [-0.25, -0.2) is 15.0 Å². The fourth-order valence-corrected chi connectivity index (χ4v) is 4.58. The number of nitrogen functional groups attached to an aromatic ring is 1. The zero-order chi connectivity index (χ0) is 21.0. The van der Waals surface area contributed by atoms with Crippen molar-refractivity contribution in [3.63, 3.8) is 0 Å². The largest absolute Gasteiger partial charge is 0.388 e. The number of aliphatic hydroxyl groups is 1. The molecule has 0 aliphatic carbocycles. The first-order valence-corrected chi connectivity index (χ1v) is 9.90. The van der Waals surface area contributed by atoms with Crippen molar-refractivity contribution < 1.29 is 14.6 Å². The Kier molecular flexibility index (Phi) is 4.56. The van der Waals surface area contributed by atoms with E-state index < -0.39 is 16.7 Å². The Morgan fingerprint density at radius 1 is 1.31 bits per heavy atom. The van der Waals surface area contributed by atoms with Gasteiger partial charge in [0.25, 0.3) is 0 Å². The van der Waals surface area contributed by atoms with Gasteiger partial charge in [0.05, 0.1) is 35.7 Å². The number of imidazole rings is 1. The van der Waals surface area contributed by atoms with E-state index in [-0.39, 0.29) is 11.9 Å². The van der Waals surface area contributed by atoms with E-state index in [0.717, 1.165) is 0 Å². The highest BCUT2D eigenvalue weighted by atomic mass is 16.5. The summed E-state index contributed by atoms with van der Waals surface area (Å²) in [5.74, 6) is 0.247. The van der Waals surface area contributed by atoms with Crippen LogP contribution in [0.2, 0.25) is 0 Å². The molecule has 4 heterocycles. The number of anilines is 1. The van der Waals surface area contributed by atoms with Gasteiger partial charge < -0.3 is 30.8 Å². The fourth-order valence-electron chi connectivity index (χ4n) is 4.58. The molecule has 10 nitrogen and oxygen atoms in total. The molecule has 2 aliphatic rings. The molecule has 0 bridgehead atoms. The predicted octanol–water partition coefficient (Wildman–Crippen LogP) is 0.219. The summed E-state index contributed by atoms with van der Waals surface area (Å²) in [6, 6.07) is -0.352. The van der Waals surface area contributed by atoms with Gasteiger partial charge in [0.15, 0.2) is 11.5 Å². The van der Waals surface area contributed by atoms with Crippen molar-refractivity contribution in [1.82, 2.24) is 24.4 Å². The molecule has 29 heavy (non-hydrogen) atoms. The van der Waals surface area contributed by atoms with Gasteiger partial charge in [0, 0.05) is 19.5 Å². The summed E-state index contributed by atoms with van der Waals surface area (Å²) >= 11 is 0. The van der Waals surface area contributed by atoms with Crippen LogP contribution in [0.3, 0.4) is 0 Å². The molecule has 5 N–H and O–H groups in total. The summed E-state index contributed by atoms with van der Waals surface area (Å²) in [5, 5.41) is 11.4. The molecule has 2 atom stereocenters. The zero-order valence-corrected chi connectivity index (χ0v) is 17.1. The molecule has 0 radical (unpaired) electrons. The second kappa shape index (κ2) is 6.61. The maximum atomic E-state index is 12.5. The lowest BCUT2D eigenvalue weighted by atomic mass is 9.75. The van der Waals surface area contributed by atoms with Crippen LogP contribution in [-0.2, 0) is 9.53 Å². The first-order chi connectivity index (χ1) is 13.5. The van der Waals surface area contributed by atoms with Gasteiger partial charge in [-0.3, -0.25) is 4.79 Å².